The zero-order valence-electron chi connectivity index (χ0n) is 7.90. The molecule has 2 aromatic rings. The maximum atomic E-state index is 10.6. The fraction of sp³-hybridized carbons (Fsp3) is 0. The van der Waals surface area contributed by atoms with Gasteiger partial charge in [0.25, 0.3) is 0 Å². The van der Waals surface area contributed by atoms with Crippen molar-refractivity contribution < 1.29 is 9.90 Å². The molecule has 0 saturated carbocycles. The Hall–Kier alpha value is -2.75. The van der Waals surface area contributed by atoms with Crippen LogP contribution in [0.4, 0.5) is 0 Å². The van der Waals surface area contributed by atoms with E-state index in [0.717, 1.165) is 0 Å². The highest BCUT2D eigenvalue weighted by molar-refractivity contribution is 5.86. The summed E-state index contributed by atoms with van der Waals surface area (Å²) in [5, 5.41) is 21.0. The molecule has 16 heavy (non-hydrogen) atoms. The van der Waals surface area contributed by atoms with Gasteiger partial charge in [-0.15, -0.1) is 0 Å². The first-order valence-electron chi connectivity index (χ1n) is 4.21. The van der Waals surface area contributed by atoms with Crippen LogP contribution in [0.3, 0.4) is 0 Å². The van der Waals surface area contributed by atoms with Crippen molar-refractivity contribution in [2.24, 2.45) is 0 Å². The van der Waals surface area contributed by atoms with Crippen molar-refractivity contribution in [3.63, 3.8) is 0 Å². The van der Waals surface area contributed by atoms with Gasteiger partial charge in [-0.25, -0.2) is 19.4 Å². The summed E-state index contributed by atoms with van der Waals surface area (Å²) in [4.78, 5) is 18.3. The lowest BCUT2D eigenvalue weighted by Crippen LogP contribution is -2.00. The van der Waals surface area contributed by atoms with E-state index in [2.05, 4.69) is 15.1 Å². The summed E-state index contributed by atoms with van der Waals surface area (Å²) >= 11 is 0. The number of carboxylic acids is 1. The molecule has 0 aliphatic carbocycles. The van der Waals surface area contributed by atoms with E-state index in [1.165, 1.54) is 29.5 Å². The van der Waals surface area contributed by atoms with Crippen molar-refractivity contribution in [1.29, 1.82) is 5.26 Å². The largest absolute Gasteiger partial charge is 0.478 e. The molecule has 1 N–H and O–H groups in total. The van der Waals surface area contributed by atoms with Gasteiger partial charge in [0.05, 0.1) is 24.2 Å². The maximum Gasteiger partial charge on any atom is 0.338 e. The van der Waals surface area contributed by atoms with Crippen LogP contribution in [0.2, 0.25) is 0 Å². The third kappa shape index (κ3) is 1.72. The molecule has 0 aromatic carbocycles. The predicted molar refractivity (Wildman–Crippen MR) is 50.8 cm³/mol. The summed E-state index contributed by atoms with van der Waals surface area (Å²) in [5.41, 5.74) is 0.250. The van der Waals surface area contributed by atoms with E-state index in [1.807, 2.05) is 6.07 Å². The van der Waals surface area contributed by atoms with Crippen molar-refractivity contribution >= 4 is 5.97 Å². The van der Waals surface area contributed by atoms with Crippen LogP contribution in [0.25, 0.3) is 5.82 Å². The van der Waals surface area contributed by atoms with Gasteiger partial charge >= 0.3 is 5.97 Å². The Morgan fingerprint density at radius 3 is 2.69 bits per heavy atom. The normalized spacial score (nSPS) is 9.69. The van der Waals surface area contributed by atoms with Crippen LogP contribution in [0.1, 0.15) is 16.1 Å². The summed E-state index contributed by atoms with van der Waals surface area (Å²) in [6.07, 6.45) is 5.16. The molecule has 0 saturated heterocycles. The monoisotopic (exact) mass is 215 g/mol. The molecule has 0 spiro atoms. The highest BCUT2D eigenvalue weighted by atomic mass is 16.4. The first-order chi connectivity index (χ1) is 7.70. The van der Waals surface area contributed by atoms with Gasteiger partial charge in [-0.05, 0) is 0 Å². The lowest BCUT2D eigenvalue weighted by atomic mass is 10.4. The maximum absolute atomic E-state index is 10.6. The quantitative estimate of drug-likeness (QED) is 0.768. The number of aromatic carboxylic acids is 1. The van der Waals surface area contributed by atoms with Crippen LogP contribution < -0.4 is 0 Å². The first-order valence-corrected chi connectivity index (χ1v) is 4.21. The number of hydrogen-bond donors (Lipinski definition) is 1. The fourth-order valence-electron chi connectivity index (χ4n) is 1.06. The Morgan fingerprint density at radius 2 is 2.19 bits per heavy atom. The average Bonchev–Trinajstić information content (AvgIpc) is 2.78. The predicted octanol–water partition coefficient (Wildman–Crippen LogP) is 0.232. The molecule has 78 valence electrons. The van der Waals surface area contributed by atoms with E-state index in [0.29, 0.717) is 5.82 Å². The van der Waals surface area contributed by atoms with Crippen molar-refractivity contribution in [3.05, 3.63) is 36.0 Å². The Labute approximate surface area is 89.6 Å². The Morgan fingerprint density at radius 1 is 1.38 bits per heavy atom. The number of nitriles is 1. The van der Waals surface area contributed by atoms with Crippen LogP contribution in [-0.4, -0.2) is 30.8 Å². The molecule has 7 nitrogen and oxygen atoms in total. The highest BCUT2D eigenvalue weighted by Gasteiger charge is 2.07. The molecule has 2 rings (SSSR count). The Balaban J connectivity index is 2.36. The molecule has 2 aromatic heterocycles. The van der Waals surface area contributed by atoms with Crippen molar-refractivity contribution in [1.82, 2.24) is 19.7 Å². The second-order valence-corrected chi connectivity index (χ2v) is 2.85. The number of hydrogen-bond acceptors (Lipinski definition) is 5. The van der Waals surface area contributed by atoms with E-state index in [-0.39, 0.29) is 11.3 Å². The lowest BCUT2D eigenvalue weighted by Gasteiger charge is -1.97. The molecule has 0 unspecified atom stereocenters. The minimum absolute atomic E-state index is 0.0613. The van der Waals surface area contributed by atoms with Gasteiger partial charge in [0, 0.05) is 6.20 Å². The average molecular weight is 215 g/mol. The number of nitrogens with zero attached hydrogens (tertiary/aromatic N) is 5. The standard InChI is InChI=1S/C9H5N5O2/c10-1-7-3-12-8(4-11-7)14-5-6(2-13-14)9(15)16/h2-5H,(H,15,16). The van der Waals surface area contributed by atoms with Crippen LogP contribution in [0.5, 0.6) is 0 Å². The summed E-state index contributed by atoms with van der Waals surface area (Å²) < 4.78 is 1.28. The Kier molecular flexibility index (Phi) is 2.31. The smallest absolute Gasteiger partial charge is 0.338 e. The number of aromatic nitrogens is 4. The van der Waals surface area contributed by atoms with Gasteiger partial charge in [-0.1, -0.05) is 0 Å². The molecule has 0 amide bonds. The third-order valence-corrected chi connectivity index (χ3v) is 1.82. The van der Waals surface area contributed by atoms with Crippen LogP contribution in [0, 0.1) is 11.3 Å². The van der Waals surface area contributed by atoms with Crippen LogP contribution in [0.15, 0.2) is 24.8 Å². The summed E-state index contributed by atoms with van der Waals surface area (Å²) in [6.45, 7) is 0. The molecule has 0 aliphatic rings. The van der Waals surface area contributed by atoms with E-state index >= 15 is 0 Å². The summed E-state index contributed by atoms with van der Waals surface area (Å²) in [5.74, 6) is -0.709. The van der Waals surface area contributed by atoms with Crippen molar-refractivity contribution in [2.75, 3.05) is 0 Å². The van der Waals surface area contributed by atoms with Crippen LogP contribution in [-0.2, 0) is 0 Å². The first kappa shape index (κ1) is 9.79. The second kappa shape index (κ2) is 3.78. The second-order valence-electron chi connectivity index (χ2n) is 2.85. The van der Waals surface area contributed by atoms with Crippen molar-refractivity contribution in [2.45, 2.75) is 0 Å². The van der Waals surface area contributed by atoms with Crippen molar-refractivity contribution in [3.8, 4) is 11.9 Å². The topological polar surface area (TPSA) is 105 Å². The van der Waals surface area contributed by atoms with E-state index < -0.39 is 5.97 Å². The van der Waals surface area contributed by atoms with E-state index in [9.17, 15) is 4.79 Å². The van der Waals surface area contributed by atoms with E-state index in [1.54, 1.807) is 0 Å². The molecule has 0 fully saturated rings. The zero-order valence-corrected chi connectivity index (χ0v) is 7.90. The van der Waals surface area contributed by atoms with Gasteiger partial charge in [0.1, 0.15) is 6.07 Å². The lowest BCUT2D eigenvalue weighted by molar-refractivity contribution is 0.0697. The molecule has 0 aliphatic heterocycles. The van der Waals surface area contributed by atoms with Gasteiger partial charge in [-0.3, -0.25) is 0 Å². The SMILES string of the molecule is N#Cc1cnc(-n2cc(C(=O)O)cn2)cn1. The summed E-state index contributed by atoms with van der Waals surface area (Å²) in [6, 6.07) is 1.83. The molecule has 2 heterocycles. The molecule has 0 radical (unpaired) electrons. The molecule has 0 bridgehead atoms. The van der Waals surface area contributed by atoms with Gasteiger partial charge < -0.3 is 5.11 Å². The molecular weight excluding hydrogens is 210 g/mol. The van der Waals surface area contributed by atoms with Gasteiger partial charge in [0.2, 0.25) is 0 Å². The number of carboxylic acid groups (broad SMARTS) is 1. The molecule has 7 heteroatoms. The highest BCUT2D eigenvalue weighted by Crippen LogP contribution is 2.04. The molecular formula is C9H5N5O2. The fourth-order valence-corrected chi connectivity index (χ4v) is 1.06. The van der Waals surface area contributed by atoms with Crippen LogP contribution >= 0.6 is 0 Å². The minimum atomic E-state index is -1.06. The third-order valence-electron chi connectivity index (χ3n) is 1.82. The van der Waals surface area contributed by atoms with Gasteiger partial charge in [0.15, 0.2) is 11.5 Å². The Bertz CT molecular complexity index is 566. The zero-order chi connectivity index (χ0) is 11.5. The number of carbonyl (C=O) groups is 1. The molecule has 0 atom stereocenters. The number of rotatable bonds is 2. The van der Waals surface area contributed by atoms with E-state index in [4.69, 9.17) is 10.4 Å². The summed E-state index contributed by atoms with van der Waals surface area (Å²) in [7, 11) is 0. The minimum Gasteiger partial charge on any atom is -0.478 e. The van der Waals surface area contributed by atoms with Gasteiger partial charge in [-0.2, -0.15) is 10.4 Å².